The fraction of sp³-hybridized carbons (Fsp3) is 0.500. The van der Waals surface area contributed by atoms with Crippen molar-refractivity contribution in [2.75, 3.05) is 34.2 Å². The molecule has 0 aromatic heterocycles. The minimum absolute atomic E-state index is 0.0215. The number of amides is 1. The van der Waals surface area contributed by atoms with Crippen LogP contribution in [0.4, 0.5) is 0 Å². The second-order valence-corrected chi connectivity index (χ2v) is 4.95. The number of hydrogen-bond donors (Lipinski definition) is 2. The summed E-state index contributed by atoms with van der Waals surface area (Å²) in [7, 11) is 5.26. The molecular formula is C14H23N3O2. The maximum atomic E-state index is 11.5. The molecule has 0 aliphatic rings. The molecule has 0 fully saturated rings. The summed E-state index contributed by atoms with van der Waals surface area (Å²) in [5, 5.41) is 10.1. The van der Waals surface area contributed by atoms with Crippen molar-refractivity contribution in [1.29, 1.82) is 0 Å². The first-order valence-electron chi connectivity index (χ1n) is 6.29. The maximum absolute atomic E-state index is 11.5. The Balaban J connectivity index is 2.53. The first kappa shape index (κ1) is 15.6. The molecule has 5 heteroatoms. The van der Waals surface area contributed by atoms with Crippen LogP contribution in [0.3, 0.4) is 0 Å². The molecule has 0 radical (unpaired) electrons. The van der Waals surface area contributed by atoms with E-state index in [4.69, 9.17) is 5.73 Å². The highest BCUT2D eigenvalue weighted by atomic mass is 16.3. The highest BCUT2D eigenvalue weighted by molar-refractivity contribution is 5.77. The molecule has 1 rings (SSSR count). The molecule has 0 heterocycles. The van der Waals surface area contributed by atoms with Gasteiger partial charge in [0.05, 0.1) is 12.6 Å². The Kier molecular flexibility index (Phi) is 5.95. The zero-order valence-corrected chi connectivity index (χ0v) is 11.8. The third-order valence-corrected chi connectivity index (χ3v) is 2.99. The van der Waals surface area contributed by atoms with Crippen LogP contribution in [0.5, 0.6) is 0 Å². The van der Waals surface area contributed by atoms with Gasteiger partial charge in [-0.25, -0.2) is 0 Å². The number of carbonyl (C=O) groups is 1. The Hall–Kier alpha value is -1.43. The van der Waals surface area contributed by atoms with E-state index >= 15 is 0 Å². The van der Waals surface area contributed by atoms with Crippen LogP contribution in [0.1, 0.15) is 17.2 Å². The van der Waals surface area contributed by atoms with E-state index in [1.54, 1.807) is 19.0 Å². The quantitative estimate of drug-likeness (QED) is 0.771. The largest absolute Gasteiger partial charge is 0.387 e. The Morgan fingerprint density at radius 1 is 1.26 bits per heavy atom. The SMILES string of the molecule is CN(CC(=O)N(C)C)CC(O)c1ccc(CN)cc1. The topological polar surface area (TPSA) is 69.8 Å². The van der Waals surface area contributed by atoms with Gasteiger partial charge in [0.15, 0.2) is 0 Å². The lowest BCUT2D eigenvalue weighted by Crippen LogP contribution is -2.36. The highest BCUT2D eigenvalue weighted by Crippen LogP contribution is 2.14. The number of nitrogens with two attached hydrogens (primary N) is 1. The molecule has 0 saturated carbocycles. The molecule has 0 aliphatic heterocycles. The Morgan fingerprint density at radius 3 is 2.32 bits per heavy atom. The Labute approximate surface area is 114 Å². The average molecular weight is 265 g/mol. The lowest BCUT2D eigenvalue weighted by molar-refractivity contribution is -0.129. The summed E-state index contributed by atoms with van der Waals surface area (Å²) in [5.41, 5.74) is 7.40. The van der Waals surface area contributed by atoms with Crippen LogP contribution in [0.15, 0.2) is 24.3 Å². The van der Waals surface area contributed by atoms with Crippen LogP contribution in [0, 0.1) is 0 Å². The number of aliphatic hydroxyl groups is 1. The number of hydrogen-bond acceptors (Lipinski definition) is 4. The van der Waals surface area contributed by atoms with Crippen molar-refractivity contribution in [2.24, 2.45) is 5.73 Å². The van der Waals surface area contributed by atoms with Gasteiger partial charge in [0.25, 0.3) is 0 Å². The van der Waals surface area contributed by atoms with Crippen LogP contribution < -0.4 is 5.73 Å². The van der Waals surface area contributed by atoms with Gasteiger partial charge in [-0.3, -0.25) is 9.69 Å². The van der Waals surface area contributed by atoms with Crippen LogP contribution in [-0.2, 0) is 11.3 Å². The van der Waals surface area contributed by atoms with E-state index in [1.807, 2.05) is 36.2 Å². The van der Waals surface area contributed by atoms with Crippen molar-refractivity contribution in [2.45, 2.75) is 12.6 Å². The van der Waals surface area contributed by atoms with Crippen LogP contribution >= 0.6 is 0 Å². The molecule has 0 aliphatic carbocycles. The smallest absolute Gasteiger partial charge is 0.236 e. The summed E-state index contributed by atoms with van der Waals surface area (Å²) in [6, 6.07) is 7.55. The normalized spacial score (nSPS) is 12.5. The second kappa shape index (κ2) is 7.23. The minimum Gasteiger partial charge on any atom is -0.387 e. The molecule has 1 aromatic rings. The molecule has 0 saturated heterocycles. The van der Waals surface area contributed by atoms with Gasteiger partial charge in [-0.15, -0.1) is 0 Å². The highest BCUT2D eigenvalue weighted by Gasteiger charge is 2.14. The van der Waals surface area contributed by atoms with E-state index in [2.05, 4.69) is 0 Å². The van der Waals surface area contributed by atoms with Crippen molar-refractivity contribution in [3.05, 3.63) is 35.4 Å². The van der Waals surface area contributed by atoms with Crippen molar-refractivity contribution in [1.82, 2.24) is 9.80 Å². The third-order valence-electron chi connectivity index (χ3n) is 2.99. The number of nitrogens with zero attached hydrogens (tertiary/aromatic N) is 2. The van der Waals surface area contributed by atoms with Crippen molar-refractivity contribution in [3.63, 3.8) is 0 Å². The van der Waals surface area contributed by atoms with Crippen LogP contribution in [0.2, 0.25) is 0 Å². The summed E-state index contributed by atoms with van der Waals surface area (Å²) in [6.07, 6.45) is -0.605. The molecule has 0 spiro atoms. The summed E-state index contributed by atoms with van der Waals surface area (Å²) >= 11 is 0. The van der Waals surface area contributed by atoms with E-state index in [1.165, 1.54) is 0 Å². The summed E-state index contributed by atoms with van der Waals surface area (Å²) in [4.78, 5) is 14.9. The molecule has 1 aromatic carbocycles. The number of likely N-dealkylation sites (N-methyl/N-ethyl adjacent to an activating group) is 2. The summed E-state index contributed by atoms with van der Waals surface area (Å²) in [6.45, 7) is 1.21. The molecule has 5 nitrogen and oxygen atoms in total. The van der Waals surface area contributed by atoms with Crippen molar-refractivity contribution >= 4 is 5.91 Å². The molecule has 1 unspecified atom stereocenters. The lowest BCUT2D eigenvalue weighted by atomic mass is 10.1. The molecule has 1 amide bonds. The minimum atomic E-state index is -0.605. The summed E-state index contributed by atoms with van der Waals surface area (Å²) < 4.78 is 0. The van der Waals surface area contributed by atoms with Gasteiger partial charge < -0.3 is 15.7 Å². The fourth-order valence-electron chi connectivity index (χ4n) is 1.71. The average Bonchev–Trinajstić information content (AvgIpc) is 2.38. The zero-order chi connectivity index (χ0) is 14.4. The standard InChI is InChI=1S/C14H23N3O2/c1-16(2)14(19)10-17(3)9-13(18)12-6-4-11(8-15)5-7-12/h4-7,13,18H,8-10,15H2,1-3H3. The molecule has 19 heavy (non-hydrogen) atoms. The number of benzene rings is 1. The van der Waals surface area contributed by atoms with E-state index in [0.29, 0.717) is 19.6 Å². The van der Waals surface area contributed by atoms with E-state index < -0.39 is 6.10 Å². The van der Waals surface area contributed by atoms with Gasteiger partial charge in [0.2, 0.25) is 5.91 Å². The van der Waals surface area contributed by atoms with Gasteiger partial charge in [-0.1, -0.05) is 24.3 Å². The first-order chi connectivity index (χ1) is 8.93. The van der Waals surface area contributed by atoms with E-state index in [0.717, 1.165) is 11.1 Å². The van der Waals surface area contributed by atoms with E-state index in [9.17, 15) is 9.90 Å². The zero-order valence-electron chi connectivity index (χ0n) is 11.8. The Bertz CT molecular complexity index is 404. The molecule has 0 bridgehead atoms. The van der Waals surface area contributed by atoms with Crippen LogP contribution in [-0.4, -0.2) is 55.0 Å². The lowest BCUT2D eigenvalue weighted by Gasteiger charge is -2.22. The molecule has 106 valence electrons. The summed E-state index contributed by atoms with van der Waals surface area (Å²) in [5.74, 6) is 0.0215. The van der Waals surface area contributed by atoms with E-state index in [-0.39, 0.29) is 5.91 Å². The molecule has 1 atom stereocenters. The maximum Gasteiger partial charge on any atom is 0.236 e. The first-order valence-corrected chi connectivity index (χ1v) is 6.29. The number of aliphatic hydroxyl groups excluding tert-OH is 1. The monoisotopic (exact) mass is 265 g/mol. The van der Waals surface area contributed by atoms with Gasteiger partial charge >= 0.3 is 0 Å². The fourth-order valence-corrected chi connectivity index (χ4v) is 1.71. The second-order valence-electron chi connectivity index (χ2n) is 4.95. The molecule has 3 N–H and O–H groups in total. The van der Waals surface area contributed by atoms with Crippen molar-refractivity contribution < 1.29 is 9.90 Å². The van der Waals surface area contributed by atoms with Gasteiger partial charge in [0.1, 0.15) is 0 Å². The number of rotatable bonds is 6. The van der Waals surface area contributed by atoms with Crippen LogP contribution in [0.25, 0.3) is 0 Å². The predicted octanol–water partition coefficient (Wildman–Crippen LogP) is 0.199. The number of carbonyl (C=O) groups excluding carboxylic acids is 1. The van der Waals surface area contributed by atoms with Gasteiger partial charge in [-0.2, -0.15) is 0 Å². The van der Waals surface area contributed by atoms with Gasteiger partial charge in [-0.05, 0) is 18.2 Å². The van der Waals surface area contributed by atoms with Gasteiger partial charge in [0, 0.05) is 27.2 Å². The predicted molar refractivity (Wildman–Crippen MR) is 75.5 cm³/mol. The third kappa shape index (κ3) is 4.98. The van der Waals surface area contributed by atoms with Crippen molar-refractivity contribution in [3.8, 4) is 0 Å². The Morgan fingerprint density at radius 2 is 1.84 bits per heavy atom. The molecular weight excluding hydrogens is 242 g/mol.